The molecule has 0 saturated carbocycles. The Balaban J connectivity index is 2.15. The van der Waals surface area contributed by atoms with E-state index >= 15 is 0 Å². The number of hydrogen-bond donors (Lipinski definition) is 2. The molecule has 0 fully saturated rings. The predicted octanol–water partition coefficient (Wildman–Crippen LogP) is 1.82. The first-order valence-corrected chi connectivity index (χ1v) is 6.68. The minimum atomic E-state index is -0.326. The number of nitrogens with zero attached hydrogens (tertiary/aromatic N) is 3. The molecule has 0 radical (unpaired) electrons. The molecule has 0 aliphatic heterocycles. The van der Waals surface area contributed by atoms with Crippen LogP contribution in [0.2, 0.25) is 0 Å². The monoisotopic (exact) mass is 277 g/mol. The van der Waals surface area contributed by atoms with Gasteiger partial charge in [-0.2, -0.15) is 0 Å². The maximum absolute atomic E-state index is 12.0. The van der Waals surface area contributed by atoms with E-state index in [2.05, 4.69) is 20.3 Å². The summed E-state index contributed by atoms with van der Waals surface area (Å²) in [5.41, 5.74) is 7.65. The van der Waals surface area contributed by atoms with Gasteiger partial charge in [0.2, 0.25) is 5.95 Å². The number of nitrogens with one attached hydrogen (secondary N) is 1. The molecule has 2 rings (SSSR count). The number of amides is 1. The molecule has 3 N–H and O–H groups in total. The highest BCUT2D eigenvalue weighted by Gasteiger charge is 2.14. The lowest BCUT2D eigenvalue weighted by molar-refractivity contribution is 0.102. The van der Waals surface area contributed by atoms with Crippen molar-refractivity contribution in [1.82, 2.24) is 15.0 Å². The second-order valence-electron chi connectivity index (χ2n) is 4.29. The van der Waals surface area contributed by atoms with Crippen LogP contribution >= 0.6 is 11.3 Å². The van der Waals surface area contributed by atoms with Gasteiger partial charge < -0.3 is 5.73 Å². The maximum atomic E-state index is 12.0. The van der Waals surface area contributed by atoms with Crippen molar-refractivity contribution in [3.8, 4) is 0 Å². The number of carbonyl (C=O) groups excluding carboxylic acids is 1. The number of anilines is 1. The summed E-state index contributed by atoms with van der Waals surface area (Å²) in [6.07, 6.45) is 0. The molecule has 6 nitrogen and oxygen atoms in total. The van der Waals surface area contributed by atoms with Crippen LogP contribution in [-0.2, 0) is 0 Å². The second kappa shape index (κ2) is 5.41. The zero-order valence-electron chi connectivity index (χ0n) is 11.0. The van der Waals surface area contributed by atoms with Gasteiger partial charge in [-0.3, -0.25) is 10.1 Å². The van der Waals surface area contributed by atoms with Gasteiger partial charge in [0.25, 0.3) is 5.91 Å². The molecule has 19 heavy (non-hydrogen) atoms. The molecule has 7 heteroatoms. The van der Waals surface area contributed by atoms with E-state index in [0.29, 0.717) is 5.69 Å². The van der Waals surface area contributed by atoms with Gasteiger partial charge in [0.15, 0.2) is 0 Å². The molecule has 2 aromatic heterocycles. The Morgan fingerprint density at radius 2 is 1.95 bits per heavy atom. The summed E-state index contributed by atoms with van der Waals surface area (Å²) >= 11 is 1.37. The first-order valence-electron chi connectivity index (χ1n) is 5.80. The summed E-state index contributed by atoms with van der Waals surface area (Å²) in [7, 11) is 0. The zero-order valence-corrected chi connectivity index (χ0v) is 11.8. The van der Waals surface area contributed by atoms with Crippen LogP contribution in [0.5, 0.6) is 0 Å². The van der Waals surface area contributed by atoms with Crippen LogP contribution in [0.25, 0.3) is 0 Å². The Labute approximate surface area is 115 Å². The van der Waals surface area contributed by atoms with Crippen molar-refractivity contribution in [2.75, 3.05) is 5.32 Å². The smallest absolute Gasteiger partial charge is 0.277 e. The van der Waals surface area contributed by atoms with Crippen molar-refractivity contribution < 1.29 is 4.79 Å². The number of thiazole rings is 1. The molecule has 1 unspecified atom stereocenters. The summed E-state index contributed by atoms with van der Waals surface area (Å²) in [5.74, 6) is -0.0361. The lowest BCUT2D eigenvalue weighted by Crippen LogP contribution is -2.16. The second-order valence-corrected chi connectivity index (χ2v) is 5.18. The van der Waals surface area contributed by atoms with E-state index in [1.807, 2.05) is 26.8 Å². The Morgan fingerprint density at radius 3 is 2.47 bits per heavy atom. The predicted molar refractivity (Wildman–Crippen MR) is 74.2 cm³/mol. The molecule has 1 amide bonds. The van der Waals surface area contributed by atoms with Gasteiger partial charge in [-0.1, -0.05) is 0 Å². The molecule has 0 aliphatic rings. The van der Waals surface area contributed by atoms with Crippen LogP contribution in [0.4, 0.5) is 5.95 Å². The van der Waals surface area contributed by atoms with E-state index in [4.69, 9.17) is 5.73 Å². The number of rotatable bonds is 3. The summed E-state index contributed by atoms with van der Waals surface area (Å²) in [4.78, 5) is 24.5. The van der Waals surface area contributed by atoms with Crippen LogP contribution in [0, 0.1) is 13.8 Å². The summed E-state index contributed by atoms with van der Waals surface area (Å²) in [6.45, 7) is 5.52. The number of aromatic nitrogens is 3. The highest BCUT2D eigenvalue weighted by Crippen LogP contribution is 2.16. The van der Waals surface area contributed by atoms with E-state index in [-0.39, 0.29) is 17.9 Å². The normalized spacial score (nSPS) is 12.2. The molecule has 2 heterocycles. The van der Waals surface area contributed by atoms with Crippen LogP contribution in [0.3, 0.4) is 0 Å². The van der Waals surface area contributed by atoms with E-state index in [0.717, 1.165) is 16.4 Å². The Bertz CT molecular complexity index is 588. The molecule has 0 bridgehead atoms. The highest BCUT2D eigenvalue weighted by atomic mass is 32.1. The van der Waals surface area contributed by atoms with E-state index in [1.165, 1.54) is 11.3 Å². The van der Waals surface area contributed by atoms with Crippen LogP contribution in [0.1, 0.15) is 39.8 Å². The highest BCUT2D eigenvalue weighted by molar-refractivity contribution is 7.09. The molecular weight excluding hydrogens is 262 g/mol. The first kappa shape index (κ1) is 13.6. The van der Waals surface area contributed by atoms with Crippen molar-refractivity contribution in [3.63, 3.8) is 0 Å². The average Bonchev–Trinajstić information content (AvgIpc) is 2.76. The fourth-order valence-corrected chi connectivity index (χ4v) is 2.31. The Hall–Kier alpha value is -1.86. The summed E-state index contributed by atoms with van der Waals surface area (Å²) in [6, 6.07) is 1.66. The fraction of sp³-hybridized carbons (Fsp3) is 0.333. The van der Waals surface area contributed by atoms with Crippen LogP contribution in [-0.4, -0.2) is 20.9 Å². The molecular formula is C12H15N5OS. The minimum Gasteiger partial charge on any atom is -0.322 e. The molecule has 0 saturated heterocycles. The Morgan fingerprint density at radius 1 is 1.32 bits per heavy atom. The molecule has 0 aromatic carbocycles. The van der Waals surface area contributed by atoms with Gasteiger partial charge in [-0.05, 0) is 26.8 Å². The van der Waals surface area contributed by atoms with E-state index < -0.39 is 0 Å². The lowest BCUT2D eigenvalue weighted by Gasteiger charge is -2.03. The van der Waals surface area contributed by atoms with Gasteiger partial charge >= 0.3 is 0 Å². The van der Waals surface area contributed by atoms with Gasteiger partial charge in [0.05, 0.1) is 6.04 Å². The minimum absolute atomic E-state index is 0.177. The number of nitrogens with two attached hydrogens (primary N) is 1. The van der Waals surface area contributed by atoms with Gasteiger partial charge in [0.1, 0.15) is 10.7 Å². The molecule has 2 aromatic rings. The standard InChI is InChI=1S/C12H15N5OS/c1-6-4-7(2)15-12(14-6)17-10(18)9-5-19-11(16-9)8(3)13/h4-5,8H,13H2,1-3H3,(H,14,15,17,18). The molecule has 0 aliphatic carbocycles. The maximum Gasteiger partial charge on any atom is 0.277 e. The Kier molecular flexibility index (Phi) is 3.87. The van der Waals surface area contributed by atoms with Crippen molar-refractivity contribution in [3.05, 3.63) is 33.5 Å². The lowest BCUT2D eigenvalue weighted by atomic mass is 10.3. The third kappa shape index (κ3) is 3.33. The third-order valence-corrected chi connectivity index (χ3v) is 3.40. The van der Waals surface area contributed by atoms with Gasteiger partial charge in [0, 0.05) is 16.8 Å². The fourth-order valence-electron chi connectivity index (χ4n) is 1.55. The molecule has 100 valence electrons. The van der Waals surface area contributed by atoms with Crippen molar-refractivity contribution in [1.29, 1.82) is 0 Å². The average molecular weight is 277 g/mol. The summed E-state index contributed by atoms with van der Waals surface area (Å²) < 4.78 is 0. The number of carbonyl (C=O) groups is 1. The molecule has 1 atom stereocenters. The van der Waals surface area contributed by atoms with Crippen molar-refractivity contribution >= 4 is 23.2 Å². The first-order chi connectivity index (χ1) is 8.95. The van der Waals surface area contributed by atoms with E-state index in [1.54, 1.807) is 5.38 Å². The van der Waals surface area contributed by atoms with Crippen LogP contribution < -0.4 is 11.1 Å². The van der Waals surface area contributed by atoms with Gasteiger partial charge in [-0.25, -0.2) is 15.0 Å². The zero-order chi connectivity index (χ0) is 14.0. The topological polar surface area (TPSA) is 93.8 Å². The summed E-state index contributed by atoms with van der Waals surface area (Å²) in [5, 5.41) is 5.04. The molecule has 0 spiro atoms. The van der Waals surface area contributed by atoms with Crippen molar-refractivity contribution in [2.45, 2.75) is 26.8 Å². The van der Waals surface area contributed by atoms with Crippen LogP contribution in [0.15, 0.2) is 11.4 Å². The largest absolute Gasteiger partial charge is 0.322 e. The number of hydrogen-bond acceptors (Lipinski definition) is 6. The van der Waals surface area contributed by atoms with Crippen molar-refractivity contribution in [2.24, 2.45) is 5.73 Å². The van der Waals surface area contributed by atoms with Gasteiger partial charge in [-0.15, -0.1) is 11.3 Å². The van der Waals surface area contributed by atoms with E-state index in [9.17, 15) is 4.79 Å². The quantitative estimate of drug-likeness (QED) is 0.892. The third-order valence-electron chi connectivity index (χ3n) is 2.35. The SMILES string of the molecule is Cc1cc(C)nc(NC(=O)c2csc(C(C)N)n2)n1. The number of aryl methyl sites for hydroxylation is 2.